The number of nitrogens with one attached hydrogen (secondary N) is 1. The highest BCUT2D eigenvalue weighted by molar-refractivity contribution is 5.94. The van der Waals surface area contributed by atoms with Gasteiger partial charge in [0.1, 0.15) is 5.75 Å². The molecule has 5 nitrogen and oxygen atoms in total. The molecular formula is C12H12N2O3. The summed E-state index contributed by atoms with van der Waals surface area (Å²) in [5, 5.41) is 15.3. The fourth-order valence-corrected chi connectivity index (χ4v) is 1.69. The van der Waals surface area contributed by atoms with Gasteiger partial charge in [0.15, 0.2) is 5.69 Å². The molecule has 0 atom stereocenters. The zero-order chi connectivity index (χ0) is 12.4. The normalized spacial score (nSPS) is 10.2. The quantitative estimate of drug-likeness (QED) is 0.849. The largest absolute Gasteiger partial charge is 0.496 e. The summed E-state index contributed by atoms with van der Waals surface area (Å²) in [6.07, 6.45) is 1.49. The summed E-state index contributed by atoms with van der Waals surface area (Å²) < 4.78 is 5.22. The first-order chi connectivity index (χ1) is 8.13. The van der Waals surface area contributed by atoms with Crippen LogP contribution in [-0.2, 0) is 0 Å². The Bertz CT molecular complexity index is 561. The molecule has 0 unspecified atom stereocenters. The fourth-order valence-electron chi connectivity index (χ4n) is 1.69. The SMILES string of the molecule is COc1ccc(C)cc1-c1cn[nH]c1C(=O)O. The van der Waals surface area contributed by atoms with Crippen molar-refractivity contribution in [2.75, 3.05) is 7.11 Å². The molecule has 88 valence electrons. The number of hydrogen-bond donors (Lipinski definition) is 2. The van der Waals surface area contributed by atoms with Gasteiger partial charge in [-0.05, 0) is 19.1 Å². The van der Waals surface area contributed by atoms with Crippen molar-refractivity contribution in [3.63, 3.8) is 0 Å². The van der Waals surface area contributed by atoms with Gasteiger partial charge in [-0.3, -0.25) is 5.10 Å². The Hall–Kier alpha value is -2.30. The van der Waals surface area contributed by atoms with Crippen LogP contribution in [0.25, 0.3) is 11.1 Å². The lowest BCUT2D eigenvalue weighted by atomic mass is 10.0. The van der Waals surface area contributed by atoms with Crippen LogP contribution in [0.4, 0.5) is 0 Å². The third kappa shape index (κ3) is 1.99. The number of carboxylic acid groups (broad SMARTS) is 1. The van der Waals surface area contributed by atoms with Crippen molar-refractivity contribution in [2.24, 2.45) is 0 Å². The average molecular weight is 232 g/mol. The maximum absolute atomic E-state index is 11.0. The Kier molecular flexibility index (Phi) is 2.82. The summed E-state index contributed by atoms with van der Waals surface area (Å²) in [5.41, 5.74) is 2.34. The number of carboxylic acids is 1. The Morgan fingerprint density at radius 2 is 2.18 bits per heavy atom. The number of hydrogen-bond acceptors (Lipinski definition) is 3. The Morgan fingerprint density at radius 3 is 2.82 bits per heavy atom. The third-order valence-electron chi connectivity index (χ3n) is 2.50. The topological polar surface area (TPSA) is 75.2 Å². The van der Waals surface area contributed by atoms with E-state index in [1.807, 2.05) is 25.1 Å². The Morgan fingerprint density at radius 1 is 1.41 bits per heavy atom. The second-order valence-electron chi connectivity index (χ2n) is 3.67. The molecule has 2 N–H and O–H groups in total. The van der Waals surface area contributed by atoms with Crippen LogP contribution in [0.15, 0.2) is 24.4 Å². The van der Waals surface area contributed by atoms with E-state index in [9.17, 15) is 4.79 Å². The molecule has 0 aliphatic rings. The van der Waals surface area contributed by atoms with Crippen LogP contribution in [0.3, 0.4) is 0 Å². The molecule has 0 amide bonds. The summed E-state index contributed by atoms with van der Waals surface area (Å²) in [6.45, 7) is 1.93. The van der Waals surface area contributed by atoms with E-state index in [2.05, 4.69) is 10.2 Å². The number of nitrogens with zero attached hydrogens (tertiary/aromatic N) is 1. The molecule has 0 fully saturated rings. The van der Waals surface area contributed by atoms with Crippen LogP contribution >= 0.6 is 0 Å². The number of methoxy groups -OCH3 is 1. The van der Waals surface area contributed by atoms with Gasteiger partial charge in [0.05, 0.1) is 13.3 Å². The van der Waals surface area contributed by atoms with Crippen LogP contribution in [-0.4, -0.2) is 28.4 Å². The molecule has 0 aliphatic carbocycles. The summed E-state index contributed by atoms with van der Waals surface area (Å²) in [6, 6.07) is 5.59. The van der Waals surface area contributed by atoms with Crippen molar-refractivity contribution < 1.29 is 14.6 Å². The molecule has 17 heavy (non-hydrogen) atoms. The molecule has 0 spiro atoms. The first-order valence-electron chi connectivity index (χ1n) is 5.05. The van der Waals surface area contributed by atoms with E-state index < -0.39 is 5.97 Å². The molecule has 1 aromatic carbocycles. The van der Waals surface area contributed by atoms with Crippen molar-refractivity contribution in [1.29, 1.82) is 0 Å². The fraction of sp³-hybridized carbons (Fsp3) is 0.167. The molecule has 1 aromatic heterocycles. The molecule has 0 saturated carbocycles. The molecule has 2 rings (SSSR count). The monoisotopic (exact) mass is 232 g/mol. The molecule has 1 heterocycles. The maximum atomic E-state index is 11.0. The van der Waals surface area contributed by atoms with Crippen molar-refractivity contribution in [1.82, 2.24) is 10.2 Å². The molecule has 0 bridgehead atoms. The number of aromatic nitrogens is 2. The molecule has 0 radical (unpaired) electrons. The second kappa shape index (κ2) is 4.29. The first-order valence-corrected chi connectivity index (χ1v) is 5.05. The van der Waals surface area contributed by atoms with Gasteiger partial charge in [-0.15, -0.1) is 0 Å². The number of aromatic amines is 1. The Labute approximate surface area is 98.0 Å². The van der Waals surface area contributed by atoms with Crippen LogP contribution < -0.4 is 4.74 Å². The smallest absolute Gasteiger partial charge is 0.354 e. The van der Waals surface area contributed by atoms with Gasteiger partial charge in [0.25, 0.3) is 0 Å². The average Bonchev–Trinajstić information content (AvgIpc) is 2.77. The summed E-state index contributed by atoms with van der Waals surface area (Å²) >= 11 is 0. The van der Waals surface area contributed by atoms with E-state index in [0.29, 0.717) is 11.3 Å². The predicted octanol–water partition coefficient (Wildman–Crippen LogP) is 2.09. The highest BCUT2D eigenvalue weighted by Crippen LogP contribution is 2.32. The van der Waals surface area contributed by atoms with Crippen LogP contribution in [0.1, 0.15) is 16.1 Å². The predicted molar refractivity (Wildman–Crippen MR) is 62.3 cm³/mol. The van der Waals surface area contributed by atoms with E-state index >= 15 is 0 Å². The zero-order valence-corrected chi connectivity index (χ0v) is 9.52. The van der Waals surface area contributed by atoms with Crippen molar-refractivity contribution in [3.8, 4) is 16.9 Å². The van der Waals surface area contributed by atoms with Gasteiger partial charge in [-0.25, -0.2) is 4.79 Å². The number of H-pyrrole nitrogens is 1. The lowest BCUT2D eigenvalue weighted by Gasteiger charge is -2.08. The highest BCUT2D eigenvalue weighted by Gasteiger charge is 2.17. The first kappa shape index (κ1) is 11.2. The molecule has 2 aromatic rings. The van der Waals surface area contributed by atoms with E-state index in [1.54, 1.807) is 7.11 Å². The number of aryl methyl sites for hydroxylation is 1. The van der Waals surface area contributed by atoms with E-state index in [1.165, 1.54) is 6.20 Å². The minimum absolute atomic E-state index is 0.0638. The van der Waals surface area contributed by atoms with Gasteiger partial charge in [-0.2, -0.15) is 5.10 Å². The number of ether oxygens (including phenoxy) is 1. The number of carbonyl (C=O) groups is 1. The second-order valence-corrected chi connectivity index (χ2v) is 3.67. The van der Waals surface area contributed by atoms with Gasteiger partial charge < -0.3 is 9.84 Å². The minimum Gasteiger partial charge on any atom is -0.496 e. The Balaban J connectivity index is 2.63. The third-order valence-corrected chi connectivity index (χ3v) is 2.50. The summed E-state index contributed by atoms with van der Waals surface area (Å²) in [7, 11) is 1.55. The standard InChI is InChI=1S/C12H12N2O3/c1-7-3-4-10(17-2)8(5-7)9-6-13-14-11(9)12(15)16/h3-6H,1-2H3,(H,13,14)(H,15,16). The van der Waals surface area contributed by atoms with E-state index in [-0.39, 0.29) is 5.69 Å². The number of rotatable bonds is 3. The van der Waals surface area contributed by atoms with E-state index in [0.717, 1.165) is 11.1 Å². The van der Waals surface area contributed by atoms with Gasteiger partial charge in [0.2, 0.25) is 0 Å². The summed E-state index contributed by atoms with van der Waals surface area (Å²) in [4.78, 5) is 11.0. The molecule has 5 heteroatoms. The lowest BCUT2D eigenvalue weighted by Crippen LogP contribution is -2.00. The lowest BCUT2D eigenvalue weighted by molar-refractivity contribution is 0.0691. The zero-order valence-electron chi connectivity index (χ0n) is 9.52. The van der Waals surface area contributed by atoms with Gasteiger partial charge in [0, 0.05) is 11.1 Å². The summed E-state index contributed by atoms with van der Waals surface area (Å²) in [5.74, 6) is -0.416. The van der Waals surface area contributed by atoms with Gasteiger partial charge >= 0.3 is 5.97 Å². The van der Waals surface area contributed by atoms with Crippen molar-refractivity contribution >= 4 is 5.97 Å². The van der Waals surface area contributed by atoms with Crippen LogP contribution in [0.2, 0.25) is 0 Å². The highest BCUT2D eigenvalue weighted by atomic mass is 16.5. The van der Waals surface area contributed by atoms with Crippen LogP contribution in [0.5, 0.6) is 5.75 Å². The van der Waals surface area contributed by atoms with E-state index in [4.69, 9.17) is 9.84 Å². The van der Waals surface area contributed by atoms with Gasteiger partial charge in [-0.1, -0.05) is 11.6 Å². The maximum Gasteiger partial charge on any atom is 0.354 e. The molecule has 0 aliphatic heterocycles. The molecule has 0 saturated heterocycles. The number of benzene rings is 1. The number of aromatic carboxylic acids is 1. The van der Waals surface area contributed by atoms with Crippen molar-refractivity contribution in [2.45, 2.75) is 6.92 Å². The molecular weight excluding hydrogens is 220 g/mol. The van der Waals surface area contributed by atoms with Crippen LogP contribution in [0, 0.1) is 6.92 Å². The van der Waals surface area contributed by atoms with Crippen molar-refractivity contribution in [3.05, 3.63) is 35.7 Å². The minimum atomic E-state index is -1.04.